The maximum Gasteiger partial charge on any atom is 0.373 e. The van der Waals surface area contributed by atoms with E-state index in [2.05, 4.69) is 31.0 Å². The number of methoxy groups -OCH3 is 1. The van der Waals surface area contributed by atoms with E-state index in [0.29, 0.717) is 28.3 Å². The van der Waals surface area contributed by atoms with Crippen LogP contribution in [-0.2, 0) is 15.3 Å². The highest BCUT2D eigenvalue weighted by molar-refractivity contribution is 8.13. The highest BCUT2D eigenvalue weighted by Crippen LogP contribution is 2.31. The first-order valence-electron chi connectivity index (χ1n) is 11.0. The standard InChI is InChI=1S/C27H26N2O4S/c1-17(2)20-9-7-19(8-10-20)15-23-25(30)29(21-11-5-18(3)6-12-21)27(28-23)34-16-22-13-14-24(33-22)26(31)32-4/h5-15,17H,16H2,1-4H3. The van der Waals surface area contributed by atoms with Gasteiger partial charge >= 0.3 is 5.97 Å². The van der Waals surface area contributed by atoms with Crippen LogP contribution in [0.3, 0.4) is 0 Å². The van der Waals surface area contributed by atoms with Gasteiger partial charge in [0.2, 0.25) is 5.76 Å². The molecule has 1 aliphatic rings. The number of carbonyl (C=O) groups excluding carboxylic acids is 2. The molecule has 7 heteroatoms. The van der Waals surface area contributed by atoms with E-state index < -0.39 is 5.97 Å². The molecule has 2 heterocycles. The molecule has 0 saturated heterocycles. The Morgan fingerprint density at radius 3 is 2.44 bits per heavy atom. The summed E-state index contributed by atoms with van der Waals surface area (Å²) in [6, 6.07) is 19.2. The second-order valence-electron chi connectivity index (χ2n) is 8.27. The molecule has 4 rings (SSSR count). The molecule has 174 valence electrons. The number of esters is 1. The lowest BCUT2D eigenvalue weighted by molar-refractivity contribution is -0.113. The molecule has 0 unspecified atom stereocenters. The number of anilines is 1. The number of thioether (sulfide) groups is 1. The van der Waals surface area contributed by atoms with Crippen molar-refractivity contribution in [2.45, 2.75) is 32.4 Å². The minimum Gasteiger partial charge on any atom is -0.463 e. The predicted molar refractivity (Wildman–Crippen MR) is 136 cm³/mol. The van der Waals surface area contributed by atoms with Crippen molar-refractivity contribution >= 4 is 40.6 Å². The molecule has 0 aliphatic carbocycles. The van der Waals surface area contributed by atoms with Gasteiger partial charge in [0, 0.05) is 0 Å². The first-order valence-corrected chi connectivity index (χ1v) is 12.0. The smallest absolute Gasteiger partial charge is 0.373 e. The van der Waals surface area contributed by atoms with Crippen LogP contribution in [0, 0.1) is 6.92 Å². The average Bonchev–Trinajstić information content (AvgIpc) is 3.43. The van der Waals surface area contributed by atoms with Crippen LogP contribution in [0.25, 0.3) is 6.08 Å². The molecule has 34 heavy (non-hydrogen) atoms. The summed E-state index contributed by atoms with van der Waals surface area (Å²) >= 11 is 1.37. The quantitative estimate of drug-likeness (QED) is 0.315. The lowest BCUT2D eigenvalue weighted by Crippen LogP contribution is -2.30. The van der Waals surface area contributed by atoms with E-state index in [-0.39, 0.29) is 11.7 Å². The Labute approximate surface area is 203 Å². The number of ether oxygens (including phenoxy) is 1. The van der Waals surface area contributed by atoms with E-state index in [1.165, 1.54) is 24.4 Å². The third-order valence-electron chi connectivity index (χ3n) is 5.42. The summed E-state index contributed by atoms with van der Waals surface area (Å²) in [5.41, 5.74) is 4.38. The number of furan rings is 1. The van der Waals surface area contributed by atoms with Gasteiger partial charge in [-0.1, -0.05) is 67.6 Å². The Morgan fingerprint density at radius 2 is 1.79 bits per heavy atom. The third kappa shape index (κ3) is 5.15. The SMILES string of the molecule is COC(=O)c1ccc(CSC2=NC(=Cc3ccc(C(C)C)cc3)C(=O)N2c2ccc(C)cc2)o1. The minimum absolute atomic E-state index is 0.142. The van der Waals surface area contributed by atoms with E-state index in [1.54, 1.807) is 17.0 Å². The predicted octanol–water partition coefficient (Wildman–Crippen LogP) is 6.18. The topological polar surface area (TPSA) is 72.1 Å². The van der Waals surface area contributed by atoms with Crippen LogP contribution < -0.4 is 4.90 Å². The second-order valence-corrected chi connectivity index (χ2v) is 9.21. The van der Waals surface area contributed by atoms with Crippen molar-refractivity contribution in [3.63, 3.8) is 0 Å². The van der Waals surface area contributed by atoms with Crippen LogP contribution in [0.5, 0.6) is 0 Å². The van der Waals surface area contributed by atoms with Gasteiger partial charge in [-0.3, -0.25) is 9.69 Å². The van der Waals surface area contributed by atoms with E-state index in [4.69, 9.17) is 9.15 Å². The molecule has 0 radical (unpaired) electrons. The van der Waals surface area contributed by atoms with Gasteiger partial charge in [-0.25, -0.2) is 9.79 Å². The molecule has 0 atom stereocenters. The van der Waals surface area contributed by atoms with Gasteiger partial charge < -0.3 is 9.15 Å². The van der Waals surface area contributed by atoms with E-state index in [9.17, 15) is 9.59 Å². The fraction of sp³-hybridized carbons (Fsp3) is 0.222. The molecule has 0 fully saturated rings. The Bertz CT molecular complexity index is 1250. The van der Waals surface area contributed by atoms with Gasteiger partial charge in [0.25, 0.3) is 5.91 Å². The van der Waals surface area contributed by atoms with Crippen molar-refractivity contribution in [3.05, 3.63) is 94.6 Å². The number of amides is 1. The number of hydrogen-bond acceptors (Lipinski definition) is 6. The van der Waals surface area contributed by atoms with Crippen LogP contribution in [0.2, 0.25) is 0 Å². The largest absolute Gasteiger partial charge is 0.463 e. The molecule has 0 saturated carbocycles. The maximum absolute atomic E-state index is 13.4. The summed E-state index contributed by atoms with van der Waals surface area (Å²) in [7, 11) is 1.31. The summed E-state index contributed by atoms with van der Waals surface area (Å²) < 4.78 is 10.3. The van der Waals surface area contributed by atoms with Gasteiger partial charge in [-0.05, 0) is 54.3 Å². The number of carbonyl (C=O) groups is 2. The highest BCUT2D eigenvalue weighted by atomic mass is 32.2. The third-order valence-corrected chi connectivity index (χ3v) is 6.38. The number of amidine groups is 1. The Morgan fingerprint density at radius 1 is 1.09 bits per heavy atom. The van der Waals surface area contributed by atoms with Crippen molar-refractivity contribution in [1.82, 2.24) is 0 Å². The zero-order valence-electron chi connectivity index (χ0n) is 19.6. The molecule has 0 N–H and O–H groups in total. The molecule has 1 amide bonds. The summed E-state index contributed by atoms with van der Waals surface area (Å²) in [6.07, 6.45) is 1.81. The van der Waals surface area contributed by atoms with E-state index >= 15 is 0 Å². The maximum atomic E-state index is 13.4. The zero-order valence-corrected chi connectivity index (χ0v) is 20.4. The summed E-state index contributed by atoms with van der Waals surface area (Å²) in [6.45, 7) is 6.30. The van der Waals surface area contributed by atoms with Gasteiger partial charge in [-0.15, -0.1) is 0 Å². The lowest BCUT2D eigenvalue weighted by Gasteiger charge is -2.17. The summed E-state index contributed by atoms with van der Waals surface area (Å²) in [5.74, 6) is 0.860. The van der Waals surface area contributed by atoms with Crippen LogP contribution in [0.15, 0.2) is 75.8 Å². The van der Waals surface area contributed by atoms with E-state index in [0.717, 1.165) is 16.8 Å². The zero-order chi connectivity index (χ0) is 24.2. The van der Waals surface area contributed by atoms with Crippen molar-refractivity contribution in [2.24, 2.45) is 4.99 Å². The first-order chi connectivity index (χ1) is 16.4. The fourth-order valence-electron chi connectivity index (χ4n) is 3.45. The Kier molecular flexibility index (Phi) is 7.03. The Balaban J connectivity index is 1.61. The van der Waals surface area contributed by atoms with Gasteiger partial charge in [0.05, 0.1) is 18.6 Å². The lowest BCUT2D eigenvalue weighted by atomic mass is 10.0. The number of nitrogens with zero attached hydrogens (tertiary/aromatic N) is 2. The molecule has 1 aromatic heterocycles. The number of aliphatic imine (C=N–C) groups is 1. The van der Waals surface area contributed by atoms with E-state index in [1.807, 2.05) is 49.4 Å². The van der Waals surface area contributed by atoms with Crippen molar-refractivity contribution in [2.75, 3.05) is 12.0 Å². The van der Waals surface area contributed by atoms with Crippen LogP contribution in [0.1, 0.15) is 52.8 Å². The van der Waals surface area contributed by atoms with Gasteiger partial charge in [0.15, 0.2) is 5.17 Å². The van der Waals surface area contributed by atoms with Crippen molar-refractivity contribution in [3.8, 4) is 0 Å². The molecule has 0 bridgehead atoms. The molecular formula is C27H26N2O4S. The summed E-state index contributed by atoms with van der Waals surface area (Å²) in [5, 5.41) is 0.551. The molecule has 2 aromatic carbocycles. The summed E-state index contributed by atoms with van der Waals surface area (Å²) in [4.78, 5) is 31.3. The molecule has 3 aromatic rings. The molecule has 6 nitrogen and oxygen atoms in total. The van der Waals surface area contributed by atoms with Crippen LogP contribution in [-0.4, -0.2) is 24.2 Å². The monoisotopic (exact) mass is 474 g/mol. The number of hydrogen-bond donors (Lipinski definition) is 0. The van der Waals surface area contributed by atoms with Crippen molar-refractivity contribution < 1.29 is 18.7 Å². The number of aryl methyl sites for hydroxylation is 1. The number of benzene rings is 2. The fourth-order valence-corrected chi connectivity index (χ4v) is 4.36. The normalized spacial score (nSPS) is 14.7. The Hall–Kier alpha value is -3.58. The van der Waals surface area contributed by atoms with Crippen LogP contribution in [0.4, 0.5) is 5.69 Å². The average molecular weight is 475 g/mol. The van der Waals surface area contributed by atoms with Crippen molar-refractivity contribution in [1.29, 1.82) is 0 Å². The minimum atomic E-state index is -0.528. The molecule has 1 aliphatic heterocycles. The van der Waals surface area contributed by atoms with Gasteiger partial charge in [0.1, 0.15) is 11.5 Å². The second kappa shape index (κ2) is 10.1. The molecular weight excluding hydrogens is 448 g/mol. The number of rotatable bonds is 6. The highest BCUT2D eigenvalue weighted by Gasteiger charge is 2.32. The van der Waals surface area contributed by atoms with Gasteiger partial charge in [-0.2, -0.15) is 0 Å². The van der Waals surface area contributed by atoms with Crippen LogP contribution >= 0.6 is 11.8 Å². The molecule has 0 spiro atoms. The first kappa shape index (κ1) is 23.6.